The summed E-state index contributed by atoms with van der Waals surface area (Å²) < 4.78 is 46.2. The van der Waals surface area contributed by atoms with Gasteiger partial charge in [-0.25, -0.2) is 0 Å². The Labute approximate surface area is 672 Å². The third kappa shape index (κ3) is 21.6. The zero-order chi connectivity index (χ0) is 78.8. The van der Waals surface area contributed by atoms with E-state index in [1.54, 1.807) is 59.8 Å². The first kappa shape index (κ1) is 83.9. The van der Waals surface area contributed by atoms with Crippen LogP contribution in [0.4, 0.5) is 0 Å². The van der Waals surface area contributed by atoms with E-state index < -0.39 is 11.9 Å². The number of aldehydes is 2. The number of unbranched alkanes of at least 4 members (excludes halogenated alkanes) is 6. The van der Waals surface area contributed by atoms with Crippen molar-refractivity contribution in [1.82, 2.24) is 0 Å². The number of rotatable bonds is 37. The molecule has 0 unspecified atom stereocenters. The van der Waals surface area contributed by atoms with Crippen LogP contribution in [0.1, 0.15) is 111 Å². The molecule has 0 saturated heterocycles. The van der Waals surface area contributed by atoms with Gasteiger partial charge in [-0.3, -0.25) is 9.59 Å². The molecule has 0 spiro atoms. The van der Waals surface area contributed by atoms with Gasteiger partial charge in [-0.2, -0.15) is 0 Å². The van der Waals surface area contributed by atoms with Gasteiger partial charge in [0.25, 0.3) is 0 Å². The van der Waals surface area contributed by atoms with Crippen LogP contribution in [0.25, 0.3) is 24.3 Å². The van der Waals surface area contributed by atoms with Crippen LogP contribution in [-0.2, 0) is 17.1 Å². The van der Waals surface area contributed by atoms with Crippen molar-refractivity contribution in [2.45, 2.75) is 70.6 Å². The summed E-state index contributed by atoms with van der Waals surface area (Å²) in [5.41, 5.74) is 8.62. The second kappa shape index (κ2) is 42.2. The van der Waals surface area contributed by atoms with Gasteiger partial charge in [0.15, 0.2) is 0 Å². The Morgan fingerprint density at radius 3 is 0.804 bits per heavy atom. The number of ether oxygens (including phenoxy) is 8. The molecule has 12 rings (SSSR count). The van der Waals surface area contributed by atoms with E-state index in [0.29, 0.717) is 36.7 Å². The molecule has 0 aliphatic rings. The van der Waals surface area contributed by atoms with Crippen molar-refractivity contribution in [3.05, 3.63) is 353 Å². The molecule has 14 heteroatoms. The minimum Gasteiger partial charge on any atom is -0.494 e. The van der Waals surface area contributed by atoms with Gasteiger partial charge >= 0.3 is 319 Å². The van der Waals surface area contributed by atoms with E-state index >= 15 is 0 Å². The average molecular weight is 1570 g/mol. The molecule has 0 aromatic heterocycles. The molecule has 0 aliphatic carbocycles. The summed E-state index contributed by atoms with van der Waals surface area (Å²) in [5.74, 6) is -1.84. The van der Waals surface area contributed by atoms with Gasteiger partial charge in [0, 0.05) is 36.0 Å². The predicted molar refractivity (Wildman–Crippen MR) is 473 cm³/mol. The van der Waals surface area contributed by atoms with Crippen molar-refractivity contribution in [3.63, 3.8) is 0 Å². The first-order valence-corrected chi connectivity index (χ1v) is 44.7. The van der Waals surface area contributed by atoms with E-state index in [1.165, 1.54) is 12.0 Å². The number of carbonyl (C=O) groups is 2. The molecular weight excluding hydrogens is 1470 g/mol. The third-order valence-corrected chi connectivity index (χ3v) is 34.3. The Kier molecular flexibility index (Phi) is 31.6. The van der Waals surface area contributed by atoms with E-state index in [1.807, 2.05) is 91.0 Å². The third-order valence-electron chi connectivity index (χ3n) is 20.0. The second-order valence-electron chi connectivity index (χ2n) is 27.4. The standard InChI is InChI=1S/C46H42Cl2O2P2.C32H38O4.C20H22O4/c1-49-45-33-38(36-52(48,42-27-15-6-16-28-42,43-29-17-7-18-30-43)44-31-19-8-20-32-44)46(50-2)34-37(45)35-51(47,39-21-9-3-10-22-39,40-23-11-4-12-24-40)41-25-13-5-14-26-41;1-25-9-11-26(12-10-25)13-17-28-23-32(35-4)29(24-31(28)34-3)18-14-27-15-19-30(20-16-27)36-22-8-6-5-7-21-33-2;21-15-17-5-9-19(10-6-17)23-13-3-1-2-4-14-24-20-11-7-18(16-22)8-12-20/h3-34H,35-36H2,1-2H3;9-20,23-24H,5-8,21-22H2,1-4H3;5-12,15-16H,1-4,13-14H2/b;17-13+,18-14+;. The van der Waals surface area contributed by atoms with Gasteiger partial charge in [0.2, 0.25) is 0 Å². The van der Waals surface area contributed by atoms with Crippen molar-refractivity contribution in [3.8, 4) is 40.2 Å². The minimum absolute atomic E-state index is 0.505. The number of halogens is 2. The maximum Gasteiger partial charge on any atom is 0.150 e. The molecule has 0 N–H and O–H groups in total. The molecule has 0 atom stereocenters. The van der Waals surface area contributed by atoms with E-state index in [-0.39, 0.29) is 0 Å². The van der Waals surface area contributed by atoms with Crippen LogP contribution in [0.2, 0.25) is 0 Å². The zero-order valence-corrected chi connectivity index (χ0v) is 68.3. The predicted octanol–water partition coefficient (Wildman–Crippen LogP) is 22.3. The molecule has 0 bridgehead atoms. The van der Waals surface area contributed by atoms with Gasteiger partial charge in [-0.1, -0.05) is 72.7 Å². The normalized spacial score (nSPS) is 12.0. The molecule has 0 aliphatic heterocycles. The summed E-state index contributed by atoms with van der Waals surface area (Å²) >= 11 is 17.1. The molecule has 0 fully saturated rings. The summed E-state index contributed by atoms with van der Waals surface area (Å²) in [4.78, 5) is 21.1. The molecule has 112 heavy (non-hydrogen) atoms. The maximum absolute atomic E-state index is 10.6. The molecule has 12 aromatic rings. The summed E-state index contributed by atoms with van der Waals surface area (Å²) in [7, 11) is 8.60. The van der Waals surface area contributed by atoms with E-state index in [9.17, 15) is 9.59 Å². The number of hydrogen-bond donors (Lipinski definition) is 0. The van der Waals surface area contributed by atoms with Gasteiger partial charge in [0.1, 0.15) is 41.3 Å². The Bertz CT molecular complexity index is 4480. The molecule has 0 saturated carbocycles. The Hall–Kier alpha value is -10.5. The van der Waals surface area contributed by atoms with Gasteiger partial charge in [0.05, 0.1) is 34.0 Å². The van der Waals surface area contributed by atoms with Crippen molar-refractivity contribution in [2.75, 3.05) is 62.0 Å². The quantitative estimate of drug-likeness (QED) is 0.0162. The summed E-state index contributed by atoms with van der Waals surface area (Å²) in [6.45, 7) is 5.01. The van der Waals surface area contributed by atoms with Crippen LogP contribution in [0.5, 0.6) is 40.2 Å². The molecule has 12 aromatic carbocycles. The van der Waals surface area contributed by atoms with Crippen LogP contribution < -0.4 is 65.0 Å². The van der Waals surface area contributed by atoms with Crippen LogP contribution in [-0.4, -0.2) is 74.5 Å². The molecule has 10 nitrogen and oxygen atoms in total. The van der Waals surface area contributed by atoms with E-state index in [0.717, 1.165) is 176 Å². The summed E-state index contributed by atoms with van der Waals surface area (Å²) in [5, 5.41) is 6.50. The minimum atomic E-state index is -3.70. The molecule has 0 amide bonds. The Morgan fingerprint density at radius 2 is 0.545 bits per heavy atom. The fourth-order valence-corrected chi connectivity index (χ4v) is 26.1. The average Bonchev–Trinajstić information content (AvgIpc) is 0.707. The van der Waals surface area contributed by atoms with E-state index in [2.05, 4.69) is 219 Å². The number of benzene rings is 12. The number of aryl methyl sites for hydroxylation is 1. The topological polar surface area (TPSA) is 108 Å². The zero-order valence-electron chi connectivity index (χ0n) is 65.0. The van der Waals surface area contributed by atoms with Crippen LogP contribution in [0, 0.1) is 6.92 Å². The Balaban J connectivity index is 0.000000193. The molecule has 578 valence electrons. The van der Waals surface area contributed by atoms with Gasteiger partial charge in [-0.05, 0) is 136 Å². The van der Waals surface area contributed by atoms with Crippen LogP contribution in [0.15, 0.2) is 303 Å². The van der Waals surface area contributed by atoms with Crippen molar-refractivity contribution in [2.24, 2.45) is 0 Å². The summed E-state index contributed by atoms with van der Waals surface area (Å²) in [6, 6.07) is 102. The van der Waals surface area contributed by atoms with Crippen LogP contribution >= 0.6 is 34.4 Å². The van der Waals surface area contributed by atoms with Gasteiger partial charge < -0.3 is 28.4 Å². The number of methoxy groups -OCH3 is 5. The number of hydrogen-bond acceptors (Lipinski definition) is 10. The monoisotopic (exact) mass is 1570 g/mol. The van der Waals surface area contributed by atoms with Crippen molar-refractivity contribution < 1.29 is 47.5 Å². The smallest absolute Gasteiger partial charge is 0.150 e. The first-order valence-electron chi connectivity index (χ1n) is 38.1. The SMILES string of the molecule is COCCCCCCOc1ccc(/C=C/c2cc(OC)c(/C=C/c3ccc(C)cc3)cc2OC)cc1.COc1cc(CP(Cl)(c2ccccc2)(c2ccccc2)c2ccccc2)c(OC)cc1CP(Cl)(c1ccccc1)(c1ccccc1)c1ccccc1.O=Cc1ccc(OCCCCCCOc2ccc(C=O)cc2)cc1. The first-order chi connectivity index (χ1) is 54.8. The van der Waals surface area contributed by atoms with Crippen LogP contribution in [0.3, 0.4) is 0 Å². The van der Waals surface area contributed by atoms with Crippen molar-refractivity contribution >= 4 is 103 Å². The molecular formula is C98H102Cl2O10P2. The van der Waals surface area contributed by atoms with Crippen molar-refractivity contribution in [1.29, 1.82) is 0 Å². The molecule has 0 radical (unpaired) electrons. The largest absolute Gasteiger partial charge is 0.494 e. The maximum atomic E-state index is 10.6. The number of carbonyl (C=O) groups excluding carboxylic acids is 2. The summed E-state index contributed by atoms with van der Waals surface area (Å²) in [6.07, 6.45) is 19.6. The Morgan fingerprint density at radius 1 is 0.286 bits per heavy atom. The van der Waals surface area contributed by atoms with E-state index in [4.69, 9.17) is 60.4 Å². The second-order valence-corrected chi connectivity index (χ2v) is 40.3. The molecule has 0 heterocycles. The fraction of sp³-hybridized carbons (Fsp3) is 0.204. The van der Waals surface area contributed by atoms with Gasteiger partial charge in [-0.15, -0.1) is 0 Å². The fourth-order valence-electron chi connectivity index (χ4n) is 13.8.